The van der Waals surface area contributed by atoms with Crippen LogP contribution in [0.2, 0.25) is 0 Å². The fourth-order valence-electron chi connectivity index (χ4n) is 1.32. The van der Waals surface area contributed by atoms with E-state index < -0.39 is 0 Å². The van der Waals surface area contributed by atoms with Crippen LogP contribution in [0, 0.1) is 0 Å². The predicted molar refractivity (Wildman–Crippen MR) is 63.4 cm³/mol. The highest BCUT2D eigenvalue weighted by Gasteiger charge is 2.07. The number of amidine groups is 1. The first-order chi connectivity index (χ1) is 7.65. The molecule has 0 atom stereocenters. The maximum Gasteiger partial charge on any atom is 0.223 e. The van der Waals surface area contributed by atoms with Crippen molar-refractivity contribution in [3.05, 3.63) is 0 Å². The Kier molecular flexibility index (Phi) is 8.24. The summed E-state index contributed by atoms with van der Waals surface area (Å²) in [6, 6.07) is 0. The van der Waals surface area contributed by atoms with Crippen molar-refractivity contribution in [1.82, 2.24) is 10.2 Å². The minimum atomic E-state index is 0.154. The molecule has 0 rings (SSSR count). The van der Waals surface area contributed by atoms with Crippen molar-refractivity contribution < 1.29 is 10.0 Å². The van der Waals surface area contributed by atoms with Crippen LogP contribution in [0.4, 0.5) is 0 Å². The lowest BCUT2D eigenvalue weighted by atomic mass is 10.3. The van der Waals surface area contributed by atoms with Crippen LogP contribution in [0.1, 0.15) is 26.7 Å². The molecule has 6 nitrogen and oxygen atoms in total. The largest absolute Gasteiger partial charge is 0.409 e. The Morgan fingerprint density at radius 1 is 1.31 bits per heavy atom. The van der Waals surface area contributed by atoms with E-state index in [-0.39, 0.29) is 11.7 Å². The molecule has 6 heteroatoms. The van der Waals surface area contributed by atoms with Gasteiger partial charge in [-0.2, -0.15) is 0 Å². The molecular formula is C10H22N4O2. The van der Waals surface area contributed by atoms with Gasteiger partial charge in [0.2, 0.25) is 5.91 Å². The molecule has 0 aromatic carbocycles. The van der Waals surface area contributed by atoms with Crippen molar-refractivity contribution in [3.63, 3.8) is 0 Å². The SMILES string of the molecule is CCN(CC)C(=O)CCNCCC(N)=NO. The number of carbonyl (C=O) groups excluding carboxylic acids is 1. The van der Waals surface area contributed by atoms with Gasteiger partial charge in [-0.25, -0.2) is 0 Å². The fraction of sp³-hybridized carbons (Fsp3) is 0.800. The lowest BCUT2D eigenvalue weighted by molar-refractivity contribution is -0.130. The molecule has 16 heavy (non-hydrogen) atoms. The van der Waals surface area contributed by atoms with Gasteiger partial charge in [0, 0.05) is 39.0 Å². The minimum absolute atomic E-state index is 0.154. The van der Waals surface area contributed by atoms with Crippen molar-refractivity contribution in [2.75, 3.05) is 26.2 Å². The van der Waals surface area contributed by atoms with Crippen LogP contribution >= 0.6 is 0 Å². The number of carbonyl (C=O) groups is 1. The molecule has 0 heterocycles. The van der Waals surface area contributed by atoms with Crippen LogP contribution in [-0.2, 0) is 4.79 Å². The predicted octanol–water partition coefficient (Wildman–Crippen LogP) is -0.0290. The van der Waals surface area contributed by atoms with Crippen LogP contribution in [0.5, 0.6) is 0 Å². The normalized spacial score (nSPS) is 11.5. The zero-order valence-corrected chi connectivity index (χ0v) is 10.1. The number of nitrogens with zero attached hydrogens (tertiary/aromatic N) is 2. The molecule has 0 radical (unpaired) electrons. The molecule has 0 spiro atoms. The Labute approximate surface area is 96.5 Å². The smallest absolute Gasteiger partial charge is 0.223 e. The van der Waals surface area contributed by atoms with Gasteiger partial charge in [0.1, 0.15) is 5.84 Å². The first-order valence-electron chi connectivity index (χ1n) is 5.60. The summed E-state index contributed by atoms with van der Waals surface area (Å²) in [5.74, 6) is 0.351. The fourth-order valence-corrected chi connectivity index (χ4v) is 1.32. The Morgan fingerprint density at radius 2 is 1.88 bits per heavy atom. The lowest BCUT2D eigenvalue weighted by Crippen LogP contribution is -2.33. The number of oxime groups is 1. The van der Waals surface area contributed by atoms with Crippen LogP contribution < -0.4 is 11.1 Å². The van der Waals surface area contributed by atoms with E-state index in [1.165, 1.54) is 0 Å². The van der Waals surface area contributed by atoms with E-state index in [0.29, 0.717) is 25.9 Å². The van der Waals surface area contributed by atoms with E-state index in [2.05, 4.69) is 10.5 Å². The minimum Gasteiger partial charge on any atom is -0.409 e. The van der Waals surface area contributed by atoms with E-state index in [1.54, 1.807) is 4.90 Å². The number of nitrogens with one attached hydrogen (secondary N) is 1. The standard InChI is InChI=1S/C10H22N4O2/c1-3-14(4-2)10(15)6-8-12-7-5-9(11)13-16/h12,16H,3-8H2,1-2H3,(H2,11,13). The van der Waals surface area contributed by atoms with Crippen molar-refractivity contribution in [2.24, 2.45) is 10.9 Å². The topological polar surface area (TPSA) is 91.0 Å². The maximum atomic E-state index is 11.6. The molecule has 4 N–H and O–H groups in total. The third-order valence-corrected chi connectivity index (χ3v) is 2.32. The highest BCUT2D eigenvalue weighted by molar-refractivity contribution is 5.79. The summed E-state index contributed by atoms with van der Waals surface area (Å²) < 4.78 is 0. The molecule has 0 aliphatic rings. The summed E-state index contributed by atoms with van der Waals surface area (Å²) in [6.07, 6.45) is 0.966. The lowest BCUT2D eigenvalue weighted by Gasteiger charge is -2.18. The number of rotatable bonds is 8. The first-order valence-corrected chi connectivity index (χ1v) is 5.60. The van der Waals surface area contributed by atoms with Gasteiger partial charge in [-0.15, -0.1) is 0 Å². The Bertz CT molecular complexity index is 227. The second-order valence-corrected chi connectivity index (χ2v) is 3.41. The molecule has 0 unspecified atom stereocenters. The van der Waals surface area contributed by atoms with Crippen molar-refractivity contribution >= 4 is 11.7 Å². The molecule has 1 amide bonds. The van der Waals surface area contributed by atoms with Crippen LogP contribution in [-0.4, -0.2) is 48.0 Å². The summed E-state index contributed by atoms with van der Waals surface area (Å²) in [7, 11) is 0. The number of amides is 1. The van der Waals surface area contributed by atoms with Gasteiger partial charge in [0.25, 0.3) is 0 Å². The van der Waals surface area contributed by atoms with Gasteiger partial charge >= 0.3 is 0 Å². The van der Waals surface area contributed by atoms with E-state index in [4.69, 9.17) is 10.9 Å². The molecular weight excluding hydrogens is 208 g/mol. The molecule has 0 aliphatic carbocycles. The Morgan fingerprint density at radius 3 is 2.38 bits per heavy atom. The molecule has 0 saturated heterocycles. The molecule has 0 aromatic rings. The Hall–Kier alpha value is -1.30. The Balaban J connectivity index is 3.55. The van der Waals surface area contributed by atoms with Crippen molar-refractivity contribution in [3.8, 4) is 0 Å². The number of nitrogens with two attached hydrogens (primary N) is 1. The third kappa shape index (κ3) is 6.23. The molecule has 0 bridgehead atoms. The van der Waals surface area contributed by atoms with Gasteiger partial charge in [0.05, 0.1) is 0 Å². The quantitative estimate of drug-likeness (QED) is 0.179. The number of hydrogen-bond acceptors (Lipinski definition) is 4. The first kappa shape index (κ1) is 14.7. The monoisotopic (exact) mass is 230 g/mol. The zero-order valence-electron chi connectivity index (χ0n) is 10.1. The molecule has 94 valence electrons. The second-order valence-electron chi connectivity index (χ2n) is 3.41. The zero-order chi connectivity index (χ0) is 12.4. The van der Waals surface area contributed by atoms with Crippen molar-refractivity contribution in [1.29, 1.82) is 0 Å². The maximum absolute atomic E-state index is 11.6. The van der Waals surface area contributed by atoms with Gasteiger partial charge in [0.15, 0.2) is 0 Å². The average Bonchev–Trinajstić information content (AvgIpc) is 2.29. The van der Waals surface area contributed by atoms with Gasteiger partial charge in [-0.3, -0.25) is 4.79 Å². The molecule has 0 aromatic heterocycles. The number of hydrogen-bond donors (Lipinski definition) is 3. The van der Waals surface area contributed by atoms with Crippen molar-refractivity contribution in [2.45, 2.75) is 26.7 Å². The van der Waals surface area contributed by atoms with Gasteiger partial charge in [-0.05, 0) is 13.8 Å². The van der Waals surface area contributed by atoms with E-state index in [0.717, 1.165) is 13.1 Å². The van der Waals surface area contributed by atoms with Crippen LogP contribution in [0.3, 0.4) is 0 Å². The van der Waals surface area contributed by atoms with Gasteiger partial charge < -0.3 is 21.2 Å². The third-order valence-electron chi connectivity index (χ3n) is 2.32. The highest BCUT2D eigenvalue weighted by atomic mass is 16.4. The molecule has 0 aliphatic heterocycles. The average molecular weight is 230 g/mol. The molecule has 0 fully saturated rings. The summed E-state index contributed by atoms with van der Waals surface area (Å²) in [6.45, 7) is 6.66. The van der Waals surface area contributed by atoms with E-state index in [9.17, 15) is 4.79 Å². The van der Waals surface area contributed by atoms with Crippen LogP contribution in [0.15, 0.2) is 5.16 Å². The summed E-state index contributed by atoms with van der Waals surface area (Å²) in [4.78, 5) is 13.4. The van der Waals surface area contributed by atoms with Gasteiger partial charge in [-0.1, -0.05) is 5.16 Å². The van der Waals surface area contributed by atoms with Crippen LogP contribution in [0.25, 0.3) is 0 Å². The molecule has 0 saturated carbocycles. The summed E-state index contributed by atoms with van der Waals surface area (Å²) >= 11 is 0. The van der Waals surface area contributed by atoms with E-state index in [1.807, 2.05) is 13.8 Å². The highest BCUT2D eigenvalue weighted by Crippen LogP contribution is 1.92. The second kappa shape index (κ2) is 8.96. The summed E-state index contributed by atoms with van der Waals surface area (Å²) in [5, 5.41) is 14.2. The summed E-state index contributed by atoms with van der Waals surface area (Å²) in [5.41, 5.74) is 5.29. The van der Waals surface area contributed by atoms with E-state index >= 15 is 0 Å².